The van der Waals surface area contributed by atoms with Crippen molar-refractivity contribution >= 4 is 0 Å². The number of aryl methyl sites for hydroxylation is 1. The summed E-state index contributed by atoms with van der Waals surface area (Å²) >= 11 is 0. The maximum atomic E-state index is 4.63. The van der Waals surface area contributed by atoms with E-state index in [0.29, 0.717) is 11.3 Å². The Bertz CT molecular complexity index is 449. The molecule has 3 nitrogen and oxygen atoms in total. The highest BCUT2D eigenvalue weighted by molar-refractivity contribution is 5.02. The van der Waals surface area contributed by atoms with Crippen molar-refractivity contribution in [3.8, 4) is 0 Å². The Morgan fingerprint density at radius 2 is 1.83 bits per heavy atom. The van der Waals surface area contributed by atoms with Crippen LogP contribution < -0.4 is 0 Å². The fourth-order valence-electron chi connectivity index (χ4n) is 4.18. The number of hydrogen-bond donors (Lipinski definition) is 0. The molecule has 0 bridgehead atoms. The molecule has 3 heteroatoms. The fraction of sp³-hybridized carbons (Fsp3) is 0.900. The van der Waals surface area contributed by atoms with Gasteiger partial charge in [0.05, 0.1) is 0 Å². The van der Waals surface area contributed by atoms with E-state index >= 15 is 0 Å². The van der Waals surface area contributed by atoms with Crippen LogP contribution in [-0.2, 0) is 7.05 Å². The minimum atomic E-state index is 0.445. The summed E-state index contributed by atoms with van der Waals surface area (Å²) in [6, 6.07) is 0. The van der Waals surface area contributed by atoms with Gasteiger partial charge in [-0.15, -0.1) is 0 Å². The second-order valence-electron chi connectivity index (χ2n) is 8.46. The molecule has 1 aromatic heterocycles. The summed E-state index contributed by atoms with van der Waals surface area (Å²) in [6.45, 7) is 7.11. The van der Waals surface area contributed by atoms with Gasteiger partial charge in [0.25, 0.3) is 0 Å². The van der Waals surface area contributed by atoms with Gasteiger partial charge in [0, 0.05) is 13.0 Å². The molecule has 2 atom stereocenters. The van der Waals surface area contributed by atoms with Gasteiger partial charge < -0.3 is 0 Å². The largest absolute Gasteiger partial charge is 0.256 e. The van der Waals surface area contributed by atoms with E-state index in [2.05, 4.69) is 30.9 Å². The van der Waals surface area contributed by atoms with E-state index in [4.69, 9.17) is 0 Å². The third-order valence-corrected chi connectivity index (χ3v) is 5.66. The van der Waals surface area contributed by atoms with E-state index < -0.39 is 0 Å². The molecule has 1 heterocycles. The van der Waals surface area contributed by atoms with Crippen LogP contribution in [0.1, 0.15) is 103 Å². The van der Waals surface area contributed by atoms with Crippen molar-refractivity contribution in [2.45, 2.75) is 97.3 Å². The monoisotopic (exact) mass is 319 g/mol. The molecule has 0 radical (unpaired) electrons. The highest BCUT2D eigenvalue weighted by Crippen LogP contribution is 2.47. The normalized spacial score (nSPS) is 24.0. The van der Waals surface area contributed by atoms with Crippen molar-refractivity contribution in [2.24, 2.45) is 18.4 Å². The predicted molar refractivity (Wildman–Crippen MR) is 97.5 cm³/mol. The Morgan fingerprint density at radius 1 is 1.13 bits per heavy atom. The first-order valence-corrected chi connectivity index (χ1v) is 9.87. The van der Waals surface area contributed by atoms with Gasteiger partial charge in [0.2, 0.25) is 0 Å². The molecular weight excluding hydrogens is 282 g/mol. The molecule has 23 heavy (non-hydrogen) atoms. The number of unbranched alkanes of at least 4 members (excludes halogenated alkanes) is 6. The molecule has 1 aromatic rings. The summed E-state index contributed by atoms with van der Waals surface area (Å²) in [4.78, 5) is 4.59. The molecular formula is C20H37N3. The Morgan fingerprint density at radius 3 is 2.48 bits per heavy atom. The van der Waals surface area contributed by atoms with E-state index in [1.54, 1.807) is 0 Å². The molecule has 2 unspecified atom stereocenters. The smallest absolute Gasteiger partial charge is 0.153 e. The number of nitrogens with zero attached hydrogens (tertiary/aromatic N) is 3. The number of rotatable bonds is 9. The van der Waals surface area contributed by atoms with Crippen molar-refractivity contribution in [3.63, 3.8) is 0 Å². The van der Waals surface area contributed by atoms with Crippen molar-refractivity contribution in [1.82, 2.24) is 14.8 Å². The summed E-state index contributed by atoms with van der Waals surface area (Å²) in [5.41, 5.74) is 0.445. The van der Waals surface area contributed by atoms with Crippen LogP contribution in [0.4, 0.5) is 0 Å². The average molecular weight is 320 g/mol. The molecule has 0 aliphatic heterocycles. The lowest BCUT2D eigenvalue weighted by molar-refractivity contribution is 0.148. The lowest BCUT2D eigenvalue weighted by atomic mass is 9.65. The zero-order chi connectivity index (χ0) is 16.7. The Kier molecular flexibility index (Phi) is 7.10. The van der Waals surface area contributed by atoms with Gasteiger partial charge in [-0.25, -0.2) is 4.98 Å². The van der Waals surface area contributed by atoms with Crippen LogP contribution in [0.5, 0.6) is 0 Å². The lowest BCUT2D eigenvalue weighted by Crippen LogP contribution is -2.29. The second kappa shape index (κ2) is 8.84. The Labute approximate surface area is 143 Å². The van der Waals surface area contributed by atoms with E-state index in [0.717, 1.165) is 11.7 Å². The van der Waals surface area contributed by atoms with E-state index in [-0.39, 0.29) is 0 Å². The molecule has 1 saturated carbocycles. The quantitative estimate of drug-likeness (QED) is 0.533. The molecule has 1 aliphatic rings. The summed E-state index contributed by atoms with van der Waals surface area (Å²) in [6.07, 6.45) is 17.0. The first kappa shape index (κ1) is 18.5. The van der Waals surface area contributed by atoms with Crippen LogP contribution in [-0.4, -0.2) is 14.8 Å². The second-order valence-corrected chi connectivity index (χ2v) is 8.46. The van der Waals surface area contributed by atoms with Crippen LogP contribution >= 0.6 is 0 Å². The van der Waals surface area contributed by atoms with Gasteiger partial charge in [0.1, 0.15) is 6.33 Å². The van der Waals surface area contributed by atoms with Crippen LogP contribution in [0, 0.1) is 11.3 Å². The van der Waals surface area contributed by atoms with Crippen LogP contribution in [0.2, 0.25) is 0 Å². The topological polar surface area (TPSA) is 30.7 Å². The first-order valence-electron chi connectivity index (χ1n) is 9.87. The van der Waals surface area contributed by atoms with Crippen LogP contribution in [0.25, 0.3) is 0 Å². The predicted octanol–water partition coefficient (Wildman–Crippen LogP) is 5.87. The summed E-state index contributed by atoms with van der Waals surface area (Å²) < 4.78 is 1.86. The van der Waals surface area contributed by atoms with Gasteiger partial charge in [-0.05, 0) is 37.0 Å². The molecule has 0 spiro atoms. The molecule has 0 amide bonds. The average Bonchev–Trinajstić information content (AvgIpc) is 2.93. The maximum Gasteiger partial charge on any atom is 0.153 e. The number of hydrogen-bond acceptors (Lipinski definition) is 2. The molecule has 1 fully saturated rings. The minimum absolute atomic E-state index is 0.445. The molecule has 0 aromatic carbocycles. The third-order valence-electron chi connectivity index (χ3n) is 5.66. The highest BCUT2D eigenvalue weighted by atomic mass is 15.3. The van der Waals surface area contributed by atoms with E-state index in [9.17, 15) is 0 Å². The molecule has 132 valence electrons. The standard InChI is InChI=1S/C20H37N3/c1-5-6-7-8-9-10-11-12-17-13-14-20(2,3)15-18(17)19-21-16-23(4)22-19/h16-18H,5-15H2,1-4H3. The SMILES string of the molecule is CCCCCCCCCC1CCC(C)(C)CC1c1ncn(C)n1. The zero-order valence-corrected chi connectivity index (χ0v) is 15.9. The molecule has 1 aliphatic carbocycles. The van der Waals surface area contributed by atoms with Crippen LogP contribution in [0.15, 0.2) is 6.33 Å². The van der Waals surface area contributed by atoms with Crippen molar-refractivity contribution in [3.05, 3.63) is 12.2 Å². The third kappa shape index (κ3) is 5.93. The van der Waals surface area contributed by atoms with E-state index in [1.807, 2.05) is 18.1 Å². The summed E-state index contributed by atoms with van der Waals surface area (Å²) in [5.74, 6) is 2.45. The van der Waals surface area contributed by atoms with Gasteiger partial charge in [-0.1, -0.05) is 65.7 Å². The highest BCUT2D eigenvalue weighted by Gasteiger charge is 2.37. The Hall–Kier alpha value is -0.860. The van der Waals surface area contributed by atoms with Gasteiger partial charge in [-0.3, -0.25) is 4.68 Å². The van der Waals surface area contributed by atoms with Crippen molar-refractivity contribution < 1.29 is 0 Å². The van der Waals surface area contributed by atoms with Gasteiger partial charge in [-0.2, -0.15) is 5.10 Å². The van der Waals surface area contributed by atoms with Crippen molar-refractivity contribution in [1.29, 1.82) is 0 Å². The maximum absolute atomic E-state index is 4.63. The summed E-state index contributed by atoms with van der Waals surface area (Å²) in [5, 5.41) is 4.63. The van der Waals surface area contributed by atoms with Crippen molar-refractivity contribution in [2.75, 3.05) is 0 Å². The lowest BCUT2D eigenvalue weighted by Gasteiger charge is -2.39. The fourth-order valence-corrected chi connectivity index (χ4v) is 4.18. The first-order chi connectivity index (χ1) is 11.0. The molecule has 2 rings (SSSR count). The number of aromatic nitrogens is 3. The van der Waals surface area contributed by atoms with Gasteiger partial charge >= 0.3 is 0 Å². The molecule has 0 saturated heterocycles. The van der Waals surface area contributed by atoms with Gasteiger partial charge in [0.15, 0.2) is 5.82 Å². The van der Waals surface area contributed by atoms with Crippen LogP contribution in [0.3, 0.4) is 0 Å². The molecule has 0 N–H and O–H groups in total. The summed E-state index contributed by atoms with van der Waals surface area (Å²) in [7, 11) is 1.98. The zero-order valence-electron chi connectivity index (χ0n) is 15.9. The minimum Gasteiger partial charge on any atom is -0.256 e. The van der Waals surface area contributed by atoms with E-state index in [1.165, 1.54) is 70.6 Å². The Balaban J connectivity index is 1.81.